The van der Waals surface area contributed by atoms with Crippen LogP contribution >= 0.6 is 0 Å². The predicted octanol–water partition coefficient (Wildman–Crippen LogP) is 3.90. The Morgan fingerprint density at radius 3 is 2.48 bits per heavy atom. The lowest BCUT2D eigenvalue weighted by Crippen LogP contribution is -2.17. The average molecular weight is 330 g/mol. The molecule has 0 unspecified atom stereocenters. The van der Waals surface area contributed by atoms with Crippen LogP contribution < -0.4 is 5.43 Å². The van der Waals surface area contributed by atoms with Gasteiger partial charge in [0, 0.05) is 5.56 Å². The summed E-state index contributed by atoms with van der Waals surface area (Å²) in [6, 6.07) is 21.3. The Balaban J connectivity index is 1.61. The number of hydrazone groups is 1. The Labute approximate surface area is 146 Å². The van der Waals surface area contributed by atoms with Gasteiger partial charge < -0.3 is 0 Å². The molecule has 0 bridgehead atoms. The van der Waals surface area contributed by atoms with Gasteiger partial charge in [-0.05, 0) is 24.1 Å². The molecule has 0 spiro atoms. The molecule has 5 heteroatoms. The first-order chi connectivity index (χ1) is 12.2. The second-order valence-corrected chi connectivity index (χ2v) is 5.53. The highest BCUT2D eigenvalue weighted by molar-refractivity contribution is 5.94. The van der Waals surface area contributed by atoms with Crippen molar-refractivity contribution < 1.29 is 4.79 Å². The summed E-state index contributed by atoms with van der Waals surface area (Å²) in [5, 5.41) is 10.9. The first-order valence-electron chi connectivity index (χ1n) is 7.90. The van der Waals surface area contributed by atoms with E-state index < -0.39 is 0 Å². The lowest BCUT2D eigenvalue weighted by molar-refractivity contribution is 0.0950. The van der Waals surface area contributed by atoms with Gasteiger partial charge >= 0.3 is 0 Å². The van der Waals surface area contributed by atoms with Crippen LogP contribution in [-0.4, -0.2) is 22.3 Å². The minimum Gasteiger partial charge on any atom is -0.272 e. The Hall–Kier alpha value is -3.47. The van der Waals surface area contributed by atoms with E-state index in [2.05, 4.69) is 20.7 Å². The van der Waals surface area contributed by atoms with Crippen molar-refractivity contribution in [2.24, 2.45) is 5.10 Å². The summed E-state index contributed by atoms with van der Waals surface area (Å²) in [5.74, 6) is -0.335. The van der Waals surface area contributed by atoms with Crippen LogP contribution in [0.2, 0.25) is 0 Å². The van der Waals surface area contributed by atoms with Crippen LogP contribution in [0.5, 0.6) is 0 Å². The number of H-pyrrole nitrogens is 1. The molecule has 1 aromatic heterocycles. The molecule has 0 saturated carbocycles. The second kappa shape index (κ2) is 7.88. The lowest BCUT2D eigenvalue weighted by atomic mass is 10.1. The van der Waals surface area contributed by atoms with Gasteiger partial charge in [-0.3, -0.25) is 9.89 Å². The van der Waals surface area contributed by atoms with E-state index in [0.717, 1.165) is 22.4 Å². The van der Waals surface area contributed by atoms with Crippen molar-refractivity contribution in [2.45, 2.75) is 6.92 Å². The van der Waals surface area contributed by atoms with E-state index in [1.807, 2.05) is 73.7 Å². The minimum absolute atomic E-state index is 0.335. The molecule has 0 aliphatic heterocycles. The zero-order chi connectivity index (χ0) is 17.5. The first-order valence-corrected chi connectivity index (χ1v) is 7.90. The van der Waals surface area contributed by atoms with Crippen molar-refractivity contribution in [1.82, 2.24) is 15.6 Å². The number of hydrogen-bond acceptors (Lipinski definition) is 3. The normalized spacial score (nSPS) is 11.6. The Bertz CT molecular complexity index is 896. The van der Waals surface area contributed by atoms with E-state index in [1.165, 1.54) is 0 Å². The van der Waals surface area contributed by atoms with E-state index in [4.69, 9.17) is 0 Å². The van der Waals surface area contributed by atoms with Gasteiger partial charge in [0.05, 0.1) is 11.9 Å². The number of allylic oxidation sites excluding steroid dienone is 1. The molecule has 2 N–H and O–H groups in total. The molecule has 0 atom stereocenters. The zero-order valence-corrected chi connectivity index (χ0v) is 13.8. The minimum atomic E-state index is -0.335. The Morgan fingerprint density at radius 2 is 1.76 bits per heavy atom. The molecule has 0 fully saturated rings. The molecule has 3 rings (SSSR count). The number of nitrogens with zero attached hydrogens (tertiary/aromatic N) is 2. The quantitative estimate of drug-likeness (QED) is 0.550. The van der Waals surface area contributed by atoms with Crippen molar-refractivity contribution in [1.29, 1.82) is 0 Å². The van der Waals surface area contributed by atoms with Crippen molar-refractivity contribution in [3.05, 3.63) is 83.6 Å². The number of rotatable bonds is 5. The van der Waals surface area contributed by atoms with E-state index in [-0.39, 0.29) is 5.91 Å². The highest BCUT2D eigenvalue weighted by atomic mass is 16.2. The van der Waals surface area contributed by atoms with E-state index in [0.29, 0.717) is 5.69 Å². The fourth-order valence-electron chi connectivity index (χ4n) is 2.30. The maximum absolute atomic E-state index is 12.1. The van der Waals surface area contributed by atoms with Gasteiger partial charge in [0.2, 0.25) is 0 Å². The number of carbonyl (C=O) groups excluding carboxylic acids is 1. The van der Waals surface area contributed by atoms with Crippen LogP contribution in [0.15, 0.2) is 77.4 Å². The number of nitrogens with one attached hydrogen (secondary N) is 2. The van der Waals surface area contributed by atoms with Crippen molar-refractivity contribution in [3.63, 3.8) is 0 Å². The third-order valence-corrected chi connectivity index (χ3v) is 3.52. The fourth-order valence-corrected chi connectivity index (χ4v) is 2.30. The summed E-state index contributed by atoms with van der Waals surface area (Å²) in [5.41, 5.74) is 6.54. The molecule has 25 heavy (non-hydrogen) atoms. The van der Waals surface area contributed by atoms with Crippen LogP contribution in [0.25, 0.3) is 17.3 Å². The second-order valence-electron chi connectivity index (χ2n) is 5.53. The summed E-state index contributed by atoms with van der Waals surface area (Å²) in [7, 11) is 0. The Morgan fingerprint density at radius 1 is 1.08 bits per heavy atom. The van der Waals surface area contributed by atoms with Crippen LogP contribution in [0.4, 0.5) is 0 Å². The topological polar surface area (TPSA) is 70.1 Å². The zero-order valence-electron chi connectivity index (χ0n) is 13.8. The molecule has 0 radical (unpaired) electrons. The highest BCUT2D eigenvalue weighted by Crippen LogP contribution is 2.16. The van der Waals surface area contributed by atoms with Crippen LogP contribution in [0.3, 0.4) is 0 Å². The highest BCUT2D eigenvalue weighted by Gasteiger charge is 2.09. The molecule has 1 amide bonds. The standard InChI is InChI=1S/C20H18N4O/c1-15(12-16-8-4-2-5-9-16)14-21-24-20(25)19-13-18(22-23-19)17-10-6-3-7-11-17/h2-14H,1H3,(H,22,23)(H,24,25)/b15-12-,21-14-. The summed E-state index contributed by atoms with van der Waals surface area (Å²) in [6.45, 7) is 1.92. The maximum Gasteiger partial charge on any atom is 0.289 e. The van der Waals surface area contributed by atoms with Gasteiger partial charge in [0.25, 0.3) is 5.91 Å². The van der Waals surface area contributed by atoms with Gasteiger partial charge in [-0.25, -0.2) is 5.43 Å². The fraction of sp³-hybridized carbons (Fsp3) is 0.0500. The molecule has 0 aliphatic rings. The number of aromatic amines is 1. The van der Waals surface area contributed by atoms with Gasteiger partial charge in [-0.2, -0.15) is 10.2 Å². The molecule has 2 aromatic carbocycles. The number of carbonyl (C=O) groups is 1. The van der Waals surface area contributed by atoms with E-state index >= 15 is 0 Å². The van der Waals surface area contributed by atoms with Crippen molar-refractivity contribution >= 4 is 18.2 Å². The first kappa shape index (κ1) is 16.4. The molecule has 3 aromatic rings. The van der Waals surface area contributed by atoms with Gasteiger partial charge in [0.1, 0.15) is 5.69 Å². The summed E-state index contributed by atoms with van der Waals surface area (Å²) < 4.78 is 0. The monoisotopic (exact) mass is 330 g/mol. The van der Waals surface area contributed by atoms with Gasteiger partial charge in [-0.15, -0.1) is 0 Å². The molecular weight excluding hydrogens is 312 g/mol. The number of benzene rings is 2. The van der Waals surface area contributed by atoms with Crippen LogP contribution in [0, 0.1) is 0 Å². The van der Waals surface area contributed by atoms with Crippen molar-refractivity contribution in [2.75, 3.05) is 0 Å². The summed E-state index contributed by atoms with van der Waals surface area (Å²) in [6.07, 6.45) is 3.60. The van der Waals surface area contributed by atoms with E-state index in [9.17, 15) is 4.79 Å². The average Bonchev–Trinajstić information content (AvgIpc) is 3.13. The van der Waals surface area contributed by atoms with Crippen LogP contribution in [0.1, 0.15) is 23.0 Å². The molecule has 0 aliphatic carbocycles. The third kappa shape index (κ3) is 4.51. The number of amides is 1. The van der Waals surface area contributed by atoms with Gasteiger partial charge in [0.15, 0.2) is 0 Å². The van der Waals surface area contributed by atoms with E-state index in [1.54, 1.807) is 12.3 Å². The molecular formula is C20H18N4O. The molecule has 124 valence electrons. The van der Waals surface area contributed by atoms with Crippen molar-refractivity contribution in [3.8, 4) is 11.3 Å². The molecule has 1 heterocycles. The molecule has 0 saturated heterocycles. The summed E-state index contributed by atoms with van der Waals surface area (Å²) in [4.78, 5) is 12.1. The third-order valence-electron chi connectivity index (χ3n) is 3.52. The molecule has 5 nitrogen and oxygen atoms in total. The SMILES string of the molecule is CC(/C=N\NC(=O)c1cc(-c2ccccc2)n[nH]1)=C/c1ccccc1. The smallest absolute Gasteiger partial charge is 0.272 e. The predicted molar refractivity (Wildman–Crippen MR) is 100 cm³/mol. The lowest BCUT2D eigenvalue weighted by Gasteiger charge is -1.97. The summed E-state index contributed by atoms with van der Waals surface area (Å²) >= 11 is 0. The number of aromatic nitrogens is 2. The number of hydrogen-bond donors (Lipinski definition) is 2. The largest absolute Gasteiger partial charge is 0.289 e. The Kier molecular flexibility index (Phi) is 5.16. The maximum atomic E-state index is 12.1. The van der Waals surface area contributed by atoms with Crippen LogP contribution in [-0.2, 0) is 0 Å². The van der Waals surface area contributed by atoms with Gasteiger partial charge in [-0.1, -0.05) is 66.7 Å².